The molecule has 38 heavy (non-hydrogen) atoms. The van der Waals surface area contributed by atoms with Gasteiger partial charge in [0.2, 0.25) is 5.75 Å². The highest BCUT2D eigenvalue weighted by Gasteiger charge is 2.40. The Hall–Kier alpha value is -3.11. The molecule has 0 aromatic heterocycles. The lowest BCUT2D eigenvalue weighted by molar-refractivity contribution is 0.189. The average molecular weight is 525 g/mol. The van der Waals surface area contributed by atoms with Crippen molar-refractivity contribution in [1.29, 1.82) is 5.26 Å². The fraction of sp³-hybridized carbons (Fsp3) is 0.581. The highest BCUT2D eigenvalue weighted by Crippen LogP contribution is 2.46. The van der Waals surface area contributed by atoms with Crippen molar-refractivity contribution in [2.75, 3.05) is 42.6 Å². The Morgan fingerprint density at radius 1 is 0.921 bits per heavy atom. The molecule has 2 aromatic carbocycles. The van der Waals surface area contributed by atoms with Crippen LogP contribution in [0.4, 0.5) is 0 Å². The molecule has 2 aromatic rings. The Morgan fingerprint density at radius 2 is 1.58 bits per heavy atom. The van der Waals surface area contributed by atoms with E-state index >= 15 is 0 Å². The number of benzene rings is 2. The molecule has 0 N–H and O–H groups in total. The molecule has 0 fully saturated rings. The SMILES string of the molecule is CCC(CC)C(C#N)(CCCC1Cc2c(cc(OC)c(OC)c2OC)CN1C)c1ccc(OC)c(OC)c1. The summed E-state index contributed by atoms with van der Waals surface area (Å²) in [4.78, 5) is 2.40. The van der Waals surface area contributed by atoms with E-state index < -0.39 is 5.41 Å². The molecule has 0 saturated carbocycles. The van der Waals surface area contributed by atoms with E-state index in [2.05, 4.69) is 37.9 Å². The normalized spacial score (nSPS) is 16.8. The van der Waals surface area contributed by atoms with Crippen LogP contribution in [0.3, 0.4) is 0 Å². The summed E-state index contributed by atoms with van der Waals surface area (Å²) in [5.41, 5.74) is 2.79. The summed E-state index contributed by atoms with van der Waals surface area (Å²) in [5.74, 6) is 3.67. The second-order valence-corrected chi connectivity index (χ2v) is 10.1. The van der Waals surface area contributed by atoms with E-state index in [1.807, 2.05) is 18.2 Å². The van der Waals surface area contributed by atoms with Gasteiger partial charge in [0.1, 0.15) is 0 Å². The second kappa shape index (κ2) is 13.1. The highest BCUT2D eigenvalue weighted by molar-refractivity contribution is 5.60. The third-order valence-corrected chi connectivity index (χ3v) is 8.40. The van der Waals surface area contributed by atoms with Crippen LogP contribution < -0.4 is 23.7 Å². The first kappa shape index (κ1) is 29.4. The molecule has 0 saturated heterocycles. The Kier molecular flexibility index (Phi) is 10.2. The van der Waals surface area contributed by atoms with Gasteiger partial charge < -0.3 is 23.7 Å². The fourth-order valence-corrected chi connectivity index (χ4v) is 6.25. The van der Waals surface area contributed by atoms with Crippen molar-refractivity contribution in [3.63, 3.8) is 0 Å². The zero-order chi connectivity index (χ0) is 27.9. The summed E-state index contributed by atoms with van der Waals surface area (Å²) in [5, 5.41) is 10.7. The summed E-state index contributed by atoms with van der Waals surface area (Å²) < 4.78 is 28.1. The van der Waals surface area contributed by atoms with Crippen LogP contribution in [0.5, 0.6) is 28.7 Å². The molecule has 0 spiro atoms. The fourth-order valence-electron chi connectivity index (χ4n) is 6.25. The highest BCUT2D eigenvalue weighted by atomic mass is 16.5. The van der Waals surface area contributed by atoms with Gasteiger partial charge in [0.05, 0.1) is 47.0 Å². The summed E-state index contributed by atoms with van der Waals surface area (Å²) in [7, 11) is 10.4. The van der Waals surface area contributed by atoms with E-state index in [1.54, 1.807) is 35.5 Å². The molecule has 0 amide bonds. The minimum Gasteiger partial charge on any atom is -0.493 e. The van der Waals surface area contributed by atoms with Gasteiger partial charge in [0.15, 0.2) is 23.0 Å². The first-order chi connectivity index (χ1) is 18.4. The van der Waals surface area contributed by atoms with Crippen molar-refractivity contribution >= 4 is 0 Å². The Bertz CT molecular complexity index is 1120. The van der Waals surface area contributed by atoms with Crippen LogP contribution in [0.25, 0.3) is 0 Å². The van der Waals surface area contributed by atoms with Crippen molar-refractivity contribution < 1.29 is 23.7 Å². The van der Waals surface area contributed by atoms with E-state index in [4.69, 9.17) is 23.7 Å². The van der Waals surface area contributed by atoms with E-state index in [9.17, 15) is 5.26 Å². The van der Waals surface area contributed by atoms with Gasteiger partial charge in [-0.25, -0.2) is 0 Å². The molecule has 1 heterocycles. The summed E-state index contributed by atoms with van der Waals surface area (Å²) in [6.07, 6.45) is 5.42. The predicted octanol–water partition coefficient (Wildman–Crippen LogP) is 6.15. The Balaban J connectivity index is 1.88. The zero-order valence-corrected chi connectivity index (χ0v) is 24.3. The molecule has 0 radical (unpaired) electrons. The number of methoxy groups -OCH3 is 5. The van der Waals surface area contributed by atoms with E-state index in [0.717, 1.165) is 56.4 Å². The molecule has 2 unspecified atom stereocenters. The van der Waals surface area contributed by atoms with Crippen LogP contribution in [-0.4, -0.2) is 53.5 Å². The average Bonchev–Trinajstić information content (AvgIpc) is 2.95. The van der Waals surface area contributed by atoms with Crippen molar-refractivity contribution in [1.82, 2.24) is 4.90 Å². The van der Waals surface area contributed by atoms with E-state index in [1.165, 1.54) is 11.1 Å². The van der Waals surface area contributed by atoms with Crippen molar-refractivity contribution in [2.45, 2.75) is 70.4 Å². The van der Waals surface area contributed by atoms with Crippen LogP contribution >= 0.6 is 0 Å². The Morgan fingerprint density at radius 3 is 2.13 bits per heavy atom. The van der Waals surface area contributed by atoms with Gasteiger partial charge in [-0.2, -0.15) is 5.26 Å². The molecule has 2 atom stereocenters. The molecule has 7 nitrogen and oxygen atoms in total. The lowest BCUT2D eigenvalue weighted by Crippen LogP contribution is -2.38. The summed E-state index contributed by atoms with van der Waals surface area (Å²) in [6.45, 7) is 5.17. The minimum absolute atomic E-state index is 0.243. The lowest BCUT2D eigenvalue weighted by Gasteiger charge is -2.38. The minimum atomic E-state index is -0.595. The Labute approximate surface area is 228 Å². The van der Waals surface area contributed by atoms with Gasteiger partial charge in [-0.15, -0.1) is 0 Å². The summed E-state index contributed by atoms with van der Waals surface area (Å²) in [6, 6.07) is 11.1. The largest absolute Gasteiger partial charge is 0.493 e. The number of rotatable bonds is 13. The van der Waals surface area contributed by atoms with Gasteiger partial charge in [-0.05, 0) is 68.0 Å². The van der Waals surface area contributed by atoms with E-state index in [0.29, 0.717) is 29.0 Å². The number of nitrogens with zero attached hydrogens (tertiary/aromatic N) is 2. The standard InChI is InChI=1S/C31H44N2O5/c1-9-22(10-2)31(20-32,23-13-14-26(34-4)27(17-23)35-5)15-11-12-24-18-25-21(19-33(24)3)16-28(36-6)30(38-8)29(25)37-7/h13-14,16-17,22,24H,9-12,15,18-19H2,1-8H3. The van der Waals surface area contributed by atoms with Gasteiger partial charge in [-0.1, -0.05) is 32.8 Å². The molecule has 7 heteroatoms. The summed E-state index contributed by atoms with van der Waals surface area (Å²) >= 11 is 0. The smallest absolute Gasteiger partial charge is 0.203 e. The van der Waals surface area contributed by atoms with Crippen molar-refractivity contribution in [3.8, 4) is 34.8 Å². The first-order valence-electron chi connectivity index (χ1n) is 13.5. The predicted molar refractivity (Wildman–Crippen MR) is 150 cm³/mol. The molecule has 1 aliphatic heterocycles. The van der Waals surface area contributed by atoms with Gasteiger partial charge in [0.25, 0.3) is 0 Å². The third kappa shape index (κ3) is 5.51. The third-order valence-electron chi connectivity index (χ3n) is 8.40. The van der Waals surface area contributed by atoms with Gasteiger partial charge >= 0.3 is 0 Å². The lowest BCUT2D eigenvalue weighted by atomic mass is 9.66. The molecular weight excluding hydrogens is 480 g/mol. The number of nitriles is 1. The second-order valence-electron chi connectivity index (χ2n) is 10.1. The van der Waals surface area contributed by atoms with Crippen LogP contribution in [0, 0.1) is 17.2 Å². The van der Waals surface area contributed by atoms with Crippen LogP contribution in [-0.2, 0) is 18.4 Å². The van der Waals surface area contributed by atoms with Crippen molar-refractivity contribution in [3.05, 3.63) is 41.0 Å². The number of likely N-dealkylation sites (N-methyl/N-ethyl adjacent to an activating group) is 1. The number of fused-ring (bicyclic) bond motifs is 1. The molecule has 0 aliphatic carbocycles. The molecular formula is C31H44N2O5. The van der Waals surface area contributed by atoms with Gasteiger partial charge in [-0.3, -0.25) is 4.90 Å². The maximum absolute atomic E-state index is 10.7. The maximum Gasteiger partial charge on any atom is 0.203 e. The monoisotopic (exact) mass is 524 g/mol. The van der Waals surface area contributed by atoms with E-state index in [-0.39, 0.29) is 5.92 Å². The van der Waals surface area contributed by atoms with Crippen LogP contribution in [0.2, 0.25) is 0 Å². The maximum atomic E-state index is 10.7. The van der Waals surface area contributed by atoms with Crippen molar-refractivity contribution in [2.24, 2.45) is 5.92 Å². The van der Waals surface area contributed by atoms with Crippen LogP contribution in [0.15, 0.2) is 24.3 Å². The molecule has 0 bridgehead atoms. The zero-order valence-electron chi connectivity index (χ0n) is 24.3. The van der Waals surface area contributed by atoms with Crippen LogP contribution in [0.1, 0.15) is 62.6 Å². The number of ether oxygens (including phenoxy) is 5. The number of hydrogen-bond acceptors (Lipinski definition) is 7. The molecule has 3 rings (SSSR count). The first-order valence-corrected chi connectivity index (χ1v) is 13.5. The topological polar surface area (TPSA) is 73.2 Å². The molecule has 208 valence electrons. The van der Waals surface area contributed by atoms with Gasteiger partial charge in [0, 0.05) is 18.2 Å². The number of hydrogen-bond donors (Lipinski definition) is 0. The molecule has 1 aliphatic rings. The quantitative estimate of drug-likeness (QED) is 0.311.